The van der Waals surface area contributed by atoms with Crippen LogP contribution in [0.2, 0.25) is 0 Å². The molecule has 1 aromatic carbocycles. The molecule has 1 atom stereocenters. The lowest BCUT2D eigenvalue weighted by molar-refractivity contribution is -0.120. The van der Waals surface area contributed by atoms with Crippen molar-refractivity contribution in [3.63, 3.8) is 0 Å². The second-order valence-corrected chi connectivity index (χ2v) is 6.46. The van der Waals surface area contributed by atoms with Crippen molar-refractivity contribution >= 4 is 22.4 Å². The summed E-state index contributed by atoms with van der Waals surface area (Å²) in [6.45, 7) is 4.20. The summed E-state index contributed by atoms with van der Waals surface area (Å²) in [6, 6.07) is 10.2. The highest BCUT2D eigenvalue weighted by atomic mass is 32.1. The molecular formula is C17H23N3OS. The molecule has 118 valence electrons. The van der Waals surface area contributed by atoms with Gasteiger partial charge in [-0.2, -0.15) is 0 Å². The Morgan fingerprint density at radius 1 is 1.23 bits per heavy atom. The van der Waals surface area contributed by atoms with Crippen LogP contribution < -0.4 is 5.32 Å². The van der Waals surface area contributed by atoms with Gasteiger partial charge in [-0.05, 0) is 18.4 Å². The molecule has 0 aliphatic heterocycles. The Hall–Kier alpha value is -1.75. The average Bonchev–Trinajstić information content (AvgIpc) is 2.96. The van der Waals surface area contributed by atoms with Crippen LogP contribution >= 0.6 is 11.3 Å². The van der Waals surface area contributed by atoms with Gasteiger partial charge in [0.2, 0.25) is 11.0 Å². The van der Waals surface area contributed by atoms with E-state index in [-0.39, 0.29) is 11.8 Å². The number of benzene rings is 1. The van der Waals surface area contributed by atoms with Crippen molar-refractivity contribution in [1.82, 2.24) is 10.2 Å². The molecule has 4 nitrogen and oxygen atoms in total. The number of unbranched alkanes of at least 4 members (excludes halogenated alkanes) is 1. The third-order valence-corrected chi connectivity index (χ3v) is 4.50. The number of hydrogen-bond donors (Lipinski definition) is 1. The van der Waals surface area contributed by atoms with Crippen molar-refractivity contribution in [3.05, 3.63) is 40.9 Å². The van der Waals surface area contributed by atoms with Crippen molar-refractivity contribution in [1.29, 1.82) is 0 Å². The van der Waals surface area contributed by atoms with Gasteiger partial charge in [0.25, 0.3) is 0 Å². The van der Waals surface area contributed by atoms with Gasteiger partial charge in [0.15, 0.2) is 0 Å². The Kier molecular flexibility index (Phi) is 6.52. The zero-order valence-electron chi connectivity index (χ0n) is 13.2. The second-order valence-electron chi connectivity index (χ2n) is 5.40. The van der Waals surface area contributed by atoms with E-state index in [9.17, 15) is 4.79 Å². The number of carbonyl (C=O) groups excluding carboxylic acids is 1. The number of nitrogens with zero attached hydrogens (tertiary/aromatic N) is 2. The summed E-state index contributed by atoms with van der Waals surface area (Å²) in [5.41, 5.74) is 1.20. The van der Waals surface area contributed by atoms with E-state index in [2.05, 4.69) is 41.5 Å². The normalized spacial score (nSPS) is 12.1. The van der Waals surface area contributed by atoms with Crippen molar-refractivity contribution in [3.8, 4) is 0 Å². The summed E-state index contributed by atoms with van der Waals surface area (Å²) in [5, 5.41) is 12.7. The molecule has 0 radical (unpaired) electrons. The molecule has 0 fully saturated rings. The van der Waals surface area contributed by atoms with Gasteiger partial charge in [-0.3, -0.25) is 4.79 Å². The SMILES string of the molecule is CCCC[C@@H](CC)C(=O)Nc1nnc(Cc2ccccc2)s1. The van der Waals surface area contributed by atoms with Crippen LogP contribution in [0, 0.1) is 5.92 Å². The number of rotatable bonds is 8. The number of carbonyl (C=O) groups is 1. The summed E-state index contributed by atoms with van der Waals surface area (Å²) in [6.07, 6.45) is 4.75. The van der Waals surface area contributed by atoms with Gasteiger partial charge < -0.3 is 5.32 Å². The molecule has 0 aliphatic rings. The smallest absolute Gasteiger partial charge is 0.229 e. The topological polar surface area (TPSA) is 54.9 Å². The number of hydrogen-bond acceptors (Lipinski definition) is 4. The predicted octanol–water partition coefficient (Wildman–Crippen LogP) is 4.28. The van der Waals surface area contributed by atoms with Gasteiger partial charge in [0, 0.05) is 12.3 Å². The zero-order chi connectivity index (χ0) is 15.8. The molecule has 0 saturated heterocycles. The monoisotopic (exact) mass is 317 g/mol. The van der Waals surface area contributed by atoms with E-state index in [0.29, 0.717) is 5.13 Å². The van der Waals surface area contributed by atoms with Gasteiger partial charge in [-0.15, -0.1) is 10.2 Å². The van der Waals surface area contributed by atoms with Gasteiger partial charge >= 0.3 is 0 Å². The van der Waals surface area contributed by atoms with Gasteiger partial charge in [-0.25, -0.2) is 0 Å². The van der Waals surface area contributed by atoms with Crippen LogP contribution in [0.25, 0.3) is 0 Å². The number of nitrogens with one attached hydrogen (secondary N) is 1. The first-order valence-corrected chi connectivity index (χ1v) is 8.71. The average molecular weight is 317 g/mol. The van der Waals surface area contributed by atoms with Crippen LogP contribution in [0.3, 0.4) is 0 Å². The summed E-state index contributed by atoms with van der Waals surface area (Å²) < 4.78 is 0. The fourth-order valence-corrected chi connectivity index (χ4v) is 3.10. The fourth-order valence-electron chi connectivity index (χ4n) is 2.32. The van der Waals surface area contributed by atoms with Crippen LogP contribution in [-0.4, -0.2) is 16.1 Å². The number of anilines is 1. The van der Waals surface area contributed by atoms with Crippen molar-refractivity contribution in [2.75, 3.05) is 5.32 Å². The Bertz CT molecular complexity index is 583. The van der Waals surface area contributed by atoms with E-state index in [1.165, 1.54) is 16.9 Å². The molecule has 22 heavy (non-hydrogen) atoms. The molecule has 2 aromatic rings. The Balaban J connectivity index is 1.92. The summed E-state index contributed by atoms with van der Waals surface area (Å²) in [5.74, 6) is 0.139. The van der Waals surface area contributed by atoms with Crippen LogP contribution in [0.4, 0.5) is 5.13 Å². The summed E-state index contributed by atoms with van der Waals surface area (Å²) >= 11 is 1.45. The largest absolute Gasteiger partial charge is 0.300 e. The van der Waals surface area contributed by atoms with E-state index in [1.807, 2.05) is 18.2 Å². The highest BCUT2D eigenvalue weighted by Crippen LogP contribution is 2.21. The molecule has 1 aromatic heterocycles. The standard InChI is InChI=1S/C17H23N3OS/c1-3-5-11-14(4-2)16(21)18-17-20-19-15(22-17)12-13-9-7-6-8-10-13/h6-10,14H,3-5,11-12H2,1-2H3,(H,18,20,21)/t14-/m1/s1. The number of aromatic nitrogens is 2. The molecule has 5 heteroatoms. The first-order valence-electron chi connectivity index (χ1n) is 7.90. The van der Waals surface area contributed by atoms with E-state index in [4.69, 9.17) is 0 Å². The van der Waals surface area contributed by atoms with Crippen LogP contribution in [0.15, 0.2) is 30.3 Å². The van der Waals surface area contributed by atoms with Crippen molar-refractivity contribution < 1.29 is 4.79 Å². The molecule has 1 amide bonds. The zero-order valence-corrected chi connectivity index (χ0v) is 14.0. The van der Waals surface area contributed by atoms with E-state index >= 15 is 0 Å². The molecule has 0 bridgehead atoms. The van der Waals surface area contributed by atoms with E-state index in [0.717, 1.165) is 37.1 Å². The summed E-state index contributed by atoms with van der Waals surface area (Å²) in [4.78, 5) is 12.2. The quantitative estimate of drug-likeness (QED) is 0.790. The molecule has 1 N–H and O–H groups in total. The fraction of sp³-hybridized carbons (Fsp3) is 0.471. The third-order valence-electron chi connectivity index (χ3n) is 3.66. The van der Waals surface area contributed by atoms with E-state index in [1.54, 1.807) is 0 Å². The maximum absolute atomic E-state index is 12.2. The molecular weight excluding hydrogens is 294 g/mol. The van der Waals surface area contributed by atoms with Crippen molar-refractivity contribution in [2.24, 2.45) is 5.92 Å². The Labute approximate surface area is 136 Å². The lowest BCUT2D eigenvalue weighted by Gasteiger charge is -2.12. The lowest BCUT2D eigenvalue weighted by atomic mass is 9.99. The van der Waals surface area contributed by atoms with Crippen molar-refractivity contribution in [2.45, 2.75) is 46.0 Å². The van der Waals surface area contributed by atoms with Crippen LogP contribution in [0.5, 0.6) is 0 Å². The molecule has 1 heterocycles. The molecule has 0 aliphatic carbocycles. The minimum absolute atomic E-state index is 0.0679. The Morgan fingerprint density at radius 3 is 2.68 bits per heavy atom. The second kappa shape index (κ2) is 8.63. The molecule has 0 spiro atoms. The maximum atomic E-state index is 12.2. The maximum Gasteiger partial charge on any atom is 0.229 e. The summed E-state index contributed by atoms with van der Waals surface area (Å²) in [7, 11) is 0. The predicted molar refractivity (Wildman–Crippen MR) is 91.1 cm³/mol. The van der Waals surface area contributed by atoms with Gasteiger partial charge in [0.1, 0.15) is 5.01 Å². The molecule has 2 rings (SSSR count). The molecule has 0 unspecified atom stereocenters. The highest BCUT2D eigenvalue weighted by Gasteiger charge is 2.17. The highest BCUT2D eigenvalue weighted by molar-refractivity contribution is 7.15. The Morgan fingerprint density at radius 2 is 2.00 bits per heavy atom. The van der Waals surface area contributed by atoms with Gasteiger partial charge in [0.05, 0.1) is 0 Å². The third kappa shape index (κ3) is 4.91. The minimum Gasteiger partial charge on any atom is -0.300 e. The first-order chi connectivity index (χ1) is 10.7. The minimum atomic E-state index is 0.0679. The van der Waals surface area contributed by atoms with Crippen LogP contribution in [-0.2, 0) is 11.2 Å². The first kappa shape index (κ1) is 16.6. The van der Waals surface area contributed by atoms with Gasteiger partial charge in [-0.1, -0.05) is 68.4 Å². The lowest BCUT2D eigenvalue weighted by Crippen LogP contribution is -2.22. The van der Waals surface area contributed by atoms with E-state index < -0.39 is 0 Å². The van der Waals surface area contributed by atoms with Crippen LogP contribution in [0.1, 0.15) is 50.1 Å². The number of amides is 1. The molecule has 0 saturated carbocycles.